The zero-order valence-corrected chi connectivity index (χ0v) is 21.1. The number of fused-ring (bicyclic) bond motifs is 1. The average Bonchev–Trinajstić information content (AvgIpc) is 3.45. The van der Waals surface area contributed by atoms with Gasteiger partial charge < -0.3 is 14.0 Å². The number of nitrogens with zero attached hydrogens (tertiary/aromatic N) is 2. The van der Waals surface area contributed by atoms with Crippen LogP contribution in [0, 0.1) is 5.41 Å². The first-order valence-electron chi connectivity index (χ1n) is 11.7. The van der Waals surface area contributed by atoms with Crippen molar-refractivity contribution in [3.8, 4) is 0 Å². The van der Waals surface area contributed by atoms with Gasteiger partial charge in [-0.1, -0.05) is 99.6 Å². The van der Waals surface area contributed by atoms with Gasteiger partial charge in [-0.15, -0.1) is 0 Å². The van der Waals surface area contributed by atoms with E-state index in [2.05, 4.69) is 110 Å². The van der Waals surface area contributed by atoms with Gasteiger partial charge in [-0.2, -0.15) is 0 Å². The number of para-hydroxylation sites is 1. The summed E-state index contributed by atoms with van der Waals surface area (Å²) in [7, 11) is 0.872. The maximum Gasteiger partial charge on any atom is 0.219 e. The zero-order valence-electron chi connectivity index (χ0n) is 20.2. The Labute approximate surface area is 203 Å². The Kier molecular flexibility index (Phi) is 6.29. The van der Waals surface area contributed by atoms with Crippen molar-refractivity contribution in [1.29, 1.82) is 0 Å². The zero-order chi connectivity index (χ0) is 23.7. The summed E-state index contributed by atoms with van der Waals surface area (Å²) in [5.74, 6) is 0.750. The fraction of sp³-hybridized carbons (Fsp3) is 0.276. The van der Waals surface area contributed by atoms with Crippen molar-refractivity contribution in [1.82, 2.24) is 4.57 Å². The summed E-state index contributed by atoms with van der Waals surface area (Å²) < 4.78 is 14.4. The van der Waals surface area contributed by atoms with Crippen LogP contribution in [-0.4, -0.2) is 30.2 Å². The molecule has 5 heteroatoms. The van der Waals surface area contributed by atoms with E-state index < -0.39 is 7.92 Å². The third kappa shape index (κ3) is 4.17. The lowest BCUT2D eigenvalue weighted by molar-refractivity contribution is 0.137. The van der Waals surface area contributed by atoms with Crippen LogP contribution in [0.15, 0.2) is 89.9 Å². The predicted molar refractivity (Wildman–Crippen MR) is 143 cm³/mol. The Morgan fingerprint density at radius 3 is 2.06 bits per heavy atom. The van der Waals surface area contributed by atoms with Crippen LogP contribution in [0.1, 0.15) is 26.3 Å². The highest BCUT2D eigenvalue weighted by Gasteiger charge is 2.35. The summed E-state index contributed by atoms with van der Waals surface area (Å²) in [6, 6.07) is 30.2. The lowest BCUT2D eigenvalue weighted by Gasteiger charge is -2.23. The lowest BCUT2D eigenvalue weighted by Crippen LogP contribution is -2.30. The van der Waals surface area contributed by atoms with E-state index in [-0.39, 0.29) is 11.5 Å². The highest BCUT2D eigenvalue weighted by molar-refractivity contribution is 7.79. The molecular weight excluding hydrogens is 439 g/mol. The smallest absolute Gasteiger partial charge is 0.219 e. The molecule has 1 aliphatic heterocycles. The molecule has 34 heavy (non-hydrogen) atoms. The molecule has 5 rings (SSSR count). The van der Waals surface area contributed by atoms with Gasteiger partial charge in [0, 0.05) is 20.4 Å². The molecule has 0 amide bonds. The second-order valence-electron chi connectivity index (χ2n) is 9.70. The Morgan fingerprint density at radius 1 is 0.912 bits per heavy atom. The molecule has 0 saturated heterocycles. The molecule has 1 aromatic heterocycles. The third-order valence-electron chi connectivity index (χ3n) is 6.31. The second kappa shape index (κ2) is 9.37. The maximum atomic E-state index is 6.35. The monoisotopic (exact) mass is 470 g/mol. The van der Waals surface area contributed by atoms with Crippen molar-refractivity contribution >= 4 is 40.8 Å². The molecule has 0 N–H and O–H groups in total. The first kappa shape index (κ1) is 22.8. The minimum Gasteiger partial charge on any atom is -0.475 e. The molecule has 0 saturated carbocycles. The molecule has 0 aliphatic carbocycles. The Balaban J connectivity index is 1.83. The van der Waals surface area contributed by atoms with E-state index in [4.69, 9.17) is 14.5 Å². The molecule has 1 aliphatic rings. The number of hydrogen-bond donors (Lipinski definition) is 0. The summed E-state index contributed by atoms with van der Waals surface area (Å²) in [5, 5.41) is 3.73. The topological polar surface area (TPSA) is 35.8 Å². The van der Waals surface area contributed by atoms with E-state index in [9.17, 15) is 0 Å². The fourth-order valence-electron chi connectivity index (χ4n) is 4.50. The summed E-state index contributed by atoms with van der Waals surface area (Å²) in [6.45, 7) is 7.75. The summed E-state index contributed by atoms with van der Waals surface area (Å²) >= 11 is 0. The van der Waals surface area contributed by atoms with E-state index in [1.165, 1.54) is 16.0 Å². The summed E-state index contributed by atoms with van der Waals surface area (Å²) in [4.78, 5) is 5.13. The molecule has 174 valence electrons. The van der Waals surface area contributed by atoms with Crippen molar-refractivity contribution in [2.24, 2.45) is 10.4 Å². The molecule has 0 radical (unpaired) electrons. The van der Waals surface area contributed by atoms with Gasteiger partial charge >= 0.3 is 0 Å². The normalized spacial score (nSPS) is 16.1. The van der Waals surface area contributed by atoms with Crippen LogP contribution >= 0.6 is 7.92 Å². The largest absolute Gasteiger partial charge is 0.475 e. The van der Waals surface area contributed by atoms with E-state index in [0.29, 0.717) is 13.3 Å². The fourth-order valence-corrected chi connectivity index (χ4v) is 7.07. The van der Waals surface area contributed by atoms with Gasteiger partial charge in [-0.05, 0) is 22.1 Å². The Bertz CT molecular complexity index is 1270. The van der Waals surface area contributed by atoms with E-state index in [0.717, 1.165) is 22.4 Å². The van der Waals surface area contributed by atoms with Crippen LogP contribution < -0.4 is 16.0 Å². The molecule has 1 atom stereocenters. The number of aromatic nitrogens is 1. The highest BCUT2D eigenvalue weighted by atomic mass is 31.1. The molecule has 0 spiro atoms. The van der Waals surface area contributed by atoms with E-state index in [1.807, 2.05) is 0 Å². The van der Waals surface area contributed by atoms with Crippen molar-refractivity contribution in [2.45, 2.75) is 33.5 Å². The first-order valence-corrected chi connectivity index (χ1v) is 13.0. The standard InChI is InChI=1S/C29H31N2O2P/c1-29(2,3)25-19-33-27(30-25)26-23-17-11-12-18-24(23)31(20-32-4)28(26)34(21-13-7-5-8-14-21)22-15-9-6-10-16-22/h5-18,25H,19-20H2,1-4H3/t25-/m1/s1. The van der Waals surface area contributed by atoms with Gasteiger partial charge in [0.1, 0.15) is 13.3 Å². The number of benzene rings is 3. The molecular formula is C29H31N2O2P. The van der Waals surface area contributed by atoms with Crippen LogP contribution in [0.25, 0.3) is 10.9 Å². The van der Waals surface area contributed by atoms with Crippen LogP contribution in [0.3, 0.4) is 0 Å². The van der Waals surface area contributed by atoms with Gasteiger partial charge in [-0.3, -0.25) is 0 Å². The van der Waals surface area contributed by atoms with Crippen molar-refractivity contribution in [3.05, 3.63) is 90.5 Å². The van der Waals surface area contributed by atoms with Gasteiger partial charge in [-0.25, -0.2) is 4.99 Å². The van der Waals surface area contributed by atoms with Gasteiger partial charge in [0.15, 0.2) is 0 Å². The van der Waals surface area contributed by atoms with Crippen LogP contribution in [0.4, 0.5) is 0 Å². The third-order valence-corrected chi connectivity index (χ3v) is 8.82. The second-order valence-corrected chi connectivity index (χ2v) is 11.8. The molecule has 3 aromatic carbocycles. The SMILES string of the molecule is COCn1c(P(c2ccccc2)c2ccccc2)c(C2=N[C@@H](C(C)(C)C)CO2)c2ccccc21. The van der Waals surface area contributed by atoms with E-state index >= 15 is 0 Å². The van der Waals surface area contributed by atoms with Crippen molar-refractivity contribution < 1.29 is 9.47 Å². The average molecular weight is 471 g/mol. The Morgan fingerprint density at radius 2 is 1.50 bits per heavy atom. The molecule has 4 nitrogen and oxygen atoms in total. The number of rotatable bonds is 6. The van der Waals surface area contributed by atoms with Crippen LogP contribution in [-0.2, 0) is 16.2 Å². The van der Waals surface area contributed by atoms with Crippen molar-refractivity contribution in [2.75, 3.05) is 13.7 Å². The minimum atomic E-state index is -0.882. The lowest BCUT2D eigenvalue weighted by atomic mass is 9.88. The first-order chi connectivity index (χ1) is 16.5. The number of methoxy groups -OCH3 is 1. The summed E-state index contributed by atoms with van der Waals surface area (Å²) in [5.41, 5.74) is 3.48. The number of ether oxygens (including phenoxy) is 2. The van der Waals surface area contributed by atoms with Gasteiger partial charge in [0.05, 0.1) is 22.6 Å². The van der Waals surface area contributed by atoms with Crippen LogP contribution in [0.2, 0.25) is 0 Å². The van der Waals surface area contributed by atoms with Crippen molar-refractivity contribution in [3.63, 3.8) is 0 Å². The Hall–Kier alpha value is -2.94. The van der Waals surface area contributed by atoms with Gasteiger partial charge in [0.25, 0.3) is 0 Å². The molecule has 4 aromatic rings. The quantitative estimate of drug-likeness (QED) is 0.364. The predicted octanol–water partition coefficient (Wildman–Crippen LogP) is 5.19. The minimum absolute atomic E-state index is 0.0381. The number of hydrogen-bond acceptors (Lipinski definition) is 3. The van der Waals surface area contributed by atoms with Crippen LogP contribution in [0.5, 0.6) is 0 Å². The maximum absolute atomic E-state index is 6.35. The summed E-state index contributed by atoms with van der Waals surface area (Å²) in [6.07, 6.45) is 0. The van der Waals surface area contributed by atoms with Gasteiger partial charge in [0.2, 0.25) is 5.90 Å². The van der Waals surface area contributed by atoms with E-state index in [1.54, 1.807) is 7.11 Å². The molecule has 0 bridgehead atoms. The molecule has 0 fully saturated rings. The molecule has 0 unspecified atom stereocenters. The molecule has 2 heterocycles. The number of aliphatic imine (C=N–C) groups is 1. The highest BCUT2D eigenvalue weighted by Crippen LogP contribution is 2.39.